The molecule has 2 aromatic carbocycles. The van der Waals surface area contributed by atoms with E-state index >= 15 is 0 Å². The number of nitrogens with one attached hydrogen (secondary N) is 1. The minimum absolute atomic E-state index is 0.0338. The summed E-state index contributed by atoms with van der Waals surface area (Å²) in [5.74, 6) is -0.481. The van der Waals surface area contributed by atoms with Gasteiger partial charge in [-0.3, -0.25) is 13.9 Å². The summed E-state index contributed by atoms with van der Waals surface area (Å²) in [5, 5.41) is 3.86. The van der Waals surface area contributed by atoms with Gasteiger partial charge in [-0.15, -0.1) is 0 Å². The van der Waals surface area contributed by atoms with Gasteiger partial charge in [0, 0.05) is 35.6 Å². The fraction of sp³-hybridized carbons (Fsp3) is 0.500. The van der Waals surface area contributed by atoms with Gasteiger partial charge >= 0.3 is 0 Å². The molecule has 0 saturated carbocycles. The summed E-state index contributed by atoms with van der Waals surface area (Å²) in [7, 11) is -3.57. The maximum Gasteiger partial charge on any atom is 0.243 e. The predicted octanol–water partition coefficient (Wildman–Crippen LogP) is 5.88. The van der Waals surface area contributed by atoms with Crippen molar-refractivity contribution in [3.63, 3.8) is 0 Å². The molecule has 0 radical (unpaired) electrons. The van der Waals surface area contributed by atoms with Crippen molar-refractivity contribution in [2.75, 3.05) is 17.1 Å². The molecule has 210 valence electrons. The molecule has 0 heterocycles. The average molecular weight is 585 g/mol. The molecule has 0 aliphatic heterocycles. The van der Waals surface area contributed by atoms with Crippen LogP contribution in [0.25, 0.3) is 0 Å². The Morgan fingerprint density at radius 2 is 1.74 bits per heavy atom. The highest BCUT2D eigenvalue weighted by Crippen LogP contribution is 2.27. The smallest absolute Gasteiger partial charge is 0.243 e. The molecule has 0 saturated heterocycles. The van der Waals surface area contributed by atoms with Gasteiger partial charge in [-0.05, 0) is 74.9 Å². The first-order valence-electron chi connectivity index (χ1n) is 12.9. The third-order valence-corrected chi connectivity index (χ3v) is 8.51. The van der Waals surface area contributed by atoms with E-state index in [-0.39, 0.29) is 43.8 Å². The molecule has 7 nitrogen and oxygen atoms in total. The number of hydrogen-bond acceptors (Lipinski definition) is 4. The molecular formula is C28H39Cl2N3O4S. The minimum atomic E-state index is -3.57. The number of halogens is 2. The molecule has 0 fully saturated rings. The first-order valence-corrected chi connectivity index (χ1v) is 15.5. The Morgan fingerprint density at radius 3 is 2.32 bits per heavy atom. The largest absolute Gasteiger partial charge is 0.352 e. The van der Waals surface area contributed by atoms with Crippen molar-refractivity contribution in [2.45, 2.75) is 78.9 Å². The number of rotatable bonds is 13. The lowest BCUT2D eigenvalue weighted by Gasteiger charge is -2.32. The summed E-state index contributed by atoms with van der Waals surface area (Å²) in [4.78, 5) is 28.3. The summed E-state index contributed by atoms with van der Waals surface area (Å²) in [6, 6.07) is 9.83. The van der Waals surface area contributed by atoms with Gasteiger partial charge in [-0.1, -0.05) is 55.2 Å². The second-order valence-electron chi connectivity index (χ2n) is 9.66. The van der Waals surface area contributed by atoms with Crippen LogP contribution in [0.1, 0.15) is 63.1 Å². The van der Waals surface area contributed by atoms with E-state index in [0.29, 0.717) is 27.7 Å². The molecule has 0 aromatic heterocycles. The Morgan fingerprint density at radius 1 is 1.05 bits per heavy atom. The summed E-state index contributed by atoms with van der Waals surface area (Å²) in [5.41, 5.74) is 3.13. The second-order valence-corrected chi connectivity index (χ2v) is 12.4. The Balaban J connectivity index is 2.30. The van der Waals surface area contributed by atoms with Crippen LogP contribution in [-0.4, -0.2) is 50.0 Å². The highest BCUT2D eigenvalue weighted by atomic mass is 35.5. The second kappa shape index (κ2) is 14.2. The van der Waals surface area contributed by atoms with Gasteiger partial charge in [-0.2, -0.15) is 0 Å². The number of amides is 2. The zero-order valence-corrected chi connectivity index (χ0v) is 25.4. The number of hydrogen-bond donors (Lipinski definition) is 1. The minimum Gasteiger partial charge on any atom is -0.352 e. The lowest BCUT2D eigenvalue weighted by atomic mass is 10.1. The van der Waals surface area contributed by atoms with Crippen molar-refractivity contribution in [3.05, 3.63) is 63.1 Å². The average Bonchev–Trinajstić information content (AvgIpc) is 2.84. The maximum atomic E-state index is 13.6. The number of aryl methyl sites for hydroxylation is 1. The monoisotopic (exact) mass is 583 g/mol. The molecule has 0 unspecified atom stereocenters. The van der Waals surface area contributed by atoms with Crippen LogP contribution in [0.5, 0.6) is 0 Å². The molecule has 0 aliphatic carbocycles. The highest BCUT2D eigenvalue weighted by molar-refractivity contribution is 7.92. The number of sulfonamides is 1. The molecule has 2 amide bonds. The summed E-state index contributed by atoms with van der Waals surface area (Å²) >= 11 is 12.5. The van der Waals surface area contributed by atoms with Crippen molar-refractivity contribution >= 4 is 50.7 Å². The number of benzene rings is 2. The maximum absolute atomic E-state index is 13.6. The van der Waals surface area contributed by atoms with Crippen molar-refractivity contribution < 1.29 is 18.0 Å². The van der Waals surface area contributed by atoms with Gasteiger partial charge in [-0.25, -0.2) is 8.42 Å². The fourth-order valence-electron chi connectivity index (χ4n) is 4.18. The lowest BCUT2D eigenvalue weighted by Crippen LogP contribution is -2.50. The Kier molecular flexibility index (Phi) is 11.9. The molecule has 38 heavy (non-hydrogen) atoms. The zero-order chi connectivity index (χ0) is 28.6. The van der Waals surface area contributed by atoms with E-state index in [0.717, 1.165) is 23.8 Å². The van der Waals surface area contributed by atoms with E-state index < -0.39 is 16.1 Å². The predicted molar refractivity (Wildman–Crippen MR) is 156 cm³/mol. The topological polar surface area (TPSA) is 86.8 Å². The van der Waals surface area contributed by atoms with Gasteiger partial charge in [0.05, 0.1) is 11.9 Å². The van der Waals surface area contributed by atoms with Crippen LogP contribution in [0.2, 0.25) is 10.0 Å². The molecule has 0 aliphatic rings. The number of carbonyl (C=O) groups excluding carboxylic acids is 2. The van der Waals surface area contributed by atoms with E-state index in [1.165, 1.54) is 9.21 Å². The summed E-state index contributed by atoms with van der Waals surface area (Å²) in [6.45, 7) is 9.84. The van der Waals surface area contributed by atoms with Crippen LogP contribution in [0.4, 0.5) is 5.69 Å². The molecule has 0 spiro atoms. The first kappa shape index (κ1) is 31.9. The normalized spacial score (nSPS) is 13.1. The van der Waals surface area contributed by atoms with E-state index in [9.17, 15) is 18.0 Å². The third kappa shape index (κ3) is 8.61. The lowest BCUT2D eigenvalue weighted by molar-refractivity contribution is -0.141. The van der Waals surface area contributed by atoms with Crippen LogP contribution in [-0.2, 0) is 26.2 Å². The van der Waals surface area contributed by atoms with Crippen LogP contribution < -0.4 is 9.62 Å². The van der Waals surface area contributed by atoms with E-state index in [4.69, 9.17) is 23.2 Å². The van der Waals surface area contributed by atoms with Crippen molar-refractivity contribution in [1.82, 2.24) is 10.2 Å². The highest BCUT2D eigenvalue weighted by Gasteiger charge is 2.30. The molecule has 10 heteroatoms. The Bertz CT molecular complexity index is 1240. The van der Waals surface area contributed by atoms with Crippen molar-refractivity contribution in [3.8, 4) is 0 Å². The molecule has 2 aromatic rings. The van der Waals surface area contributed by atoms with Gasteiger partial charge in [0.2, 0.25) is 21.8 Å². The SMILES string of the molecule is CC[C@H](C(=O)N[C@@H](C)CC)N(Cc1ccc(Cl)cc1Cl)C(=O)CCCN(c1cccc(C)c1C)S(C)(=O)=O. The fourth-order valence-corrected chi connectivity index (χ4v) is 5.67. The first-order chi connectivity index (χ1) is 17.8. The van der Waals surface area contributed by atoms with E-state index in [1.54, 1.807) is 24.3 Å². The number of anilines is 1. The number of carbonyl (C=O) groups is 2. The molecular weight excluding hydrogens is 545 g/mol. The Hall–Kier alpha value is -2.29. The number of nitrogens with zero attached hydrogens (tertiary/aromatic N) is 2. The van der Waals surface area contributed by atoms with Crippen LogP contribution >= 0.6 is 23.2 Å². The van der Waals surface area contributed by atoms with Gasteiger partial charge in [0.25, 0.3) is 0 Å². The third-order valence-electron chi connectivity index (χ3n) is 6.74. The van der Waals surface area contributed by atoms with Crippen molar-refractivity contribution in [1.29, 1.82) is 0 Å². The molecule has 0 bridgehead atoms. The summed E-state index contributed by atoms with van der Waals surface area (Å²) in [6.07, 6.45) is 2.69. The van der Waals surface area contributed by atoms with E-state index in [1.807, 2.05) is 46.8 Å². The standard InChI is InChI=1S/C28H39Cl2N3O4S/c1-7-20(4)31-28(35)25(8-2)32(18-22-14-15-23(29)17-24(22)30)27(34)13-10-16-33(38(6,36)37)26-12-9-11-19(3)21(26)5/h9,11-12,14-15,17,20,25H,7-8,10,13,16,18H2,1-6H3,(H,31,35)/t20-,25+/m0/s1. The van der Waals surface area contributed by atoms with Crippen LogP contribution in [0, 0.1) is 13.8 Å². The van der Waals surface area contributed by atoms with Crippen molar-refractivity contribution in [2.24, 2.45) is 0 Å². The van der Waals surface area contributed by atoms with Crippen LogP contribution in [0.15, 0.2) is 36.4 Å². The van der Waals surface area contributed by atoms with Crippen LogP contribution in [0.3, 0.4) is 0 Å². The molecule has 1 N–H and O–H groups in total. The quantitative estimate of drug-likeness (QED) is 0.319. The Labute approximate surface area is 237 Å². The van der Waals surface area contributed by atoms with E-state index in [2.05, 4.69) is 5.32 Å². The van der Waals surface area contributed by atoms with Gasteiger partial charge in [0.1, 0.15) is 6.04 Å². The van der Waals surface area contributed by atoms with Gasteiger partial charge < -0.3 is 10.2 Å². The summed E-state index contributed by atoms with van der Waals surface area (Å²) < 4.78 is 26.6. The zero-order valence-electron chi connectivity index (χ0n) is 23.1. The molecule has 2 rings (SSSR count). The molecule has 2 atom stereocenters. The van der Waals surface area contributed by atoms with Gasteiger partial charge in [0.15, 0.2) is 0 Å².